The van der Waals surface area contributed by atoms with Gasteiger partial charge in [-0.25, -0.2) is 5.84 Å². The monoisotopic (exact) mass is 191 g/mol. The predicted octanol–water partition coefficient (Wildman–Crippen LogP) is -0.851. The summed E-state index contributed by atoms with van der Waals surface area (Å²) < 4.78 is 0. The van der Waals surface area contributed by atoms with E-state index in [4.69, 9.17) is 5.84 Å². The molecule has 0 fully saturated rings. The Morgan fingerprint density at radius 1 is 1.58 bits per heavy atom. The third-order valence-electron chi connectivity index (χ3n) is 1.40. The second kappa shape index (κ2) is 4.32. The molecule has 12 heavy (non-hydrogen) atoms. The van der Waals surface area contributed by atoms with E-state index in [2.05, 4.69) is 17.9 Å². The van der Waals surface area contributed by atoms with Crippen LogP contribution >= 0.6 is 12.6 Å². The number of carbonyl (C=O) groups excluding carboxylic acids is 2. The normalized spacial score (nSPS) is 14.7. The molecule has 0 aliphatic rings. The minimum Gasteiger partial charge on any atom is -0.334 e. The first-order chi connectivity index (χ1) is 5.46. The van der Waals surface area contributed by atoms with Gasteiger partial charge in [-0.3, -0.25) is 15.0 Å². The molecule has 0 heterocycles. The van der Waals surface area contributed by atoms with E-state index in [1.54, 1.807) is 6.92 Å². The maximum absolute atomic E-state index is 11.1. The molecule has 0 aromatic heterocycles. The minimum absolute atomic E-state index is 0.324. The highest BCUT2D eigenvalue weighted by Gasteiger charge is 2.32. The third-order valence-corrected chi connectivity index (χ3v) is 2.03. The van der Waals surface area contributed by atoms with Crippen molar-refractivity contribution in [3.8, 4) is 0 Å². The van der Waals surface area contributed by atoms with Crippen molar-refractivity contribution in [3.63, 3.8) is 0 Å². The summed E-state index contributed by atoms with van der Waals surface area (Å²) in [5.74, 6) is 4.06. The second-order valence-electron chi connectivity index (χ2n) is 2.37. The first kappa shape index (κ1) is 11.2. The number of nitrogens with two attached hydrogens (primary N) is 1. The van der Waals surface area contributed by atoms with E-state index >= 15 is 0 Å². The van der Waals surface area contributed by atoms with Crippen LogP contribution in [-0.2, 0) is 9.59 Å². The topological polar surface area (TPSA) is 84.2 Å². The van der Waals surface area contributed by atoms with E-state index in [1.165, 1.54) is 6.92 Å². The number of amides is 2. The summed E-state index contributed by atoms with van der Waals surface area (Å²) in [4.78, 5) is 20.5. The first-order valence-corrected chi connectivity index (χ1v) is 3.93. The Morgan fingerprint density at radius 3 is 2.33 bits per heavy atom. The molecule has 0 saturated heterocycles. The highest BCUT2D eigenvalue weighted by molar-refractivity contribution is 7.82. The van der Waals surface area contributed by atoms with Gasteiger partial charge in [0, 0.05) is 6.92 Å². The summed E-state index contributed by atoms with van der Waals surface area (Å²) >= 11 is 4.01. The van der Waals surface area contributed by atoms with Crippen LogP contribution in [0.3, 0.4) is 0 Å². The molecule has 0 spiro atoms. The van der Waals surface area contributed by atoms with Gasteiger partial charge in [-0.15, -0.1) is 12.6 Å². The number of hydrogen-bond acceptors (Lipinski definition) is 4. The van der Waals surface area contributed by atoms with Crippen molar-refractivity contribution < 1.29 is 9.59 Å². The minimum atomic E-state index is -1.21. The lowest BCUT2D eigenvalue weighted by atomic mass is 10.2. The molecular formula is C6H13N3O2S. The highest BCUT2D eigenvalue weighted by atomic mass is 32.1. The number of rotatable bonds is 3. The molecular weight excluding hydrogens is 178 g/mol. The lowest BCUT2D eigenvalue weighted by Crippen LogP contribution is -2.55. The Bertz CT molecular complexity index is 197. The van der Waals surface area contributed by atoms with Crippen LogP contribution in [0.15, 0.2) is 0 Å². The zero-order valence-corrected chi connectivity index (χ0v) is 7.94. The number of hydrazine groups is 1. The maximum Gasteiger partial charge on any atom is 0.269 e. The van der Waals surface area contributed by atoms with Gasteiger partial charge in [0.15, 0.2) is 4.87 Å². The molecule has 5 nitrogen and oxygen atoms in total. The first-order valence-electron chi connectivity index (χ1n) is 3.48. The smallest absolute Gasteiger partial charge is 0.269 e. The van der Waals surface area contributed by atoms with Gasteiger partial charge in [0.1, 0.15) is 0 Å². The van der Waals surface area contributed by atoms with Crippen LogP contribution in [0.25, 0.3) is 0 Å². The van der Waals surface area contributed by atoms with Gasteiger partial charge >= 0.3 is 0 Å². The van der Waals surface area contributed by atoms with E-state index in [0.29, 0.717) is 6.42 Å². The van der Waals surface area contributed by atoms with Gasteiger partial charge in [-0.05, 0) is 6.42 Å². The van der Waals surface area contributed by atoms with Crippen LogP contribution in [0.2, 0.25) is 0 Å². The average Bonchev–Trinajstić information content (AvgIpc) is 2.01. The van der Waals surface area contributed by atoms with Gasteiger partial charge in [0.2, 0.25) is 5.91 Å². The lowest BCUT2D eigenvalue weighted by molar-refractivity contribution is -0.129. The fourth-order valence-corrected chi connectivity index (χ4v) is 0.938. The Kier molecular flexibility index (Phi) is 4.05. The van der Waals surface area contributed by atoms with Crippen LogP contribution < -0.4 is 16.6 Å². The number of hydrogen-bond donors (Lipinski definition) is 4. The quantitative estimate of drug-likeness (QED) is 0.154. The van der Waals surface area contributed by atoms with Crippen molar-refractivity contribution in [3.05, 3.63) is 0 Å². The zero-order chi connectivity index (χ0) is 9.78. The van der Waals surface area contributed by atoms with Crippen molar-refractivity contribution in [1.29, 1.82) is 0 Å². The number of thiol groups is 1. The van der Waals surface area contributed by atoms with Crippen LogP contribution in [0, 0.1) is 0 Å². The summed E-state index contributed by atoms with van der Waals surface area (Å²) in [7, 11) is 0. The largest absolute Gasteiger partial charge is 0.334 e. The van der Waals surface area contributed by atoms with E-state index in [1.807, 2.05) is 5.43 Å². The van der Waals surface area contributed by atoms with Gasteiger partial charge in [0.25, 0.3) is 5.91 Å². The van der Waals surface area contributed by atoms with E-state index in [9.17, 15) is 9.59 Å². The average molecular weight is 191 g/mol. The fraction of sp³-hybridized carbons (Fsp3) is 0.667. The number of carbonyl (C=O) groups is 2. The molecule has 70 valence electrons. The zero-order valence-electron chi connectivity index (χ0n) is 7.05. The molecule has 0 radical (unpaired) electrons. The SMILES string of the molecule is CCC(S)(NC(C)=O)C(=O)NN. The fourth-order valence-electron chi connectivity index (χ4n) is 0.716. The Labute approximate surface area is 76.5 Å². The summed E-state index contributed by atoms with van der Waals surface area (Å²) in [5.41, 5.74) is 1.93. The summed E-state index contributed by atoms with van der Waals surface area (Å²) in [5, 5.41) is 2.39. The summed E-state index contributed by atoms with van der Waals surface area (Å²) in [6, 6.07) is 0. The highest BCUT2D eigenvalue weighted by Crippen LogP contribution is 2.14. The van der Waals surface area contributed by atoms with Gasteiger partial charge in [-0.1, -0.05) is 6.92 Å². The Balaban J connectivity index is 4.44. The molecule has 0 aliphatic carbocycles. The summed E-state index contributed by atoms with van der Waals surface area (Å²) in [6.07, 6.45) is 0.360. The standard InChI is InChI=1S/C6H13N3O2S/c1-3-6(12,5(11)9-7)8-4(2)10/h12H,3,7H2,1-2H3,(H,8,10)(H,9,11). The maximum atomic E-state index is 11.1. The van der Waals surface area contributed by atoms with E-state index in [-0.39, 0.29) is 5.91 Å². The van der Waals surface area contributed by atoms with E-state index in [0.717, 1.165) is 0 Å². The second-order valence-corrected chi connectivity index (χ2v) is 3.13. The van der Waals surface area contributed by atoms with Crippen molar-refractivity contribution in [2.45, 2.75) is 25.1 Å². The van der Waals surface area contributed by atoms with Crippen LogP contribution in [-0.4, -0.2) is 16.7 Å². The van der Waals surface area contributed by atoms with Gasteiger partial charge < -0.3 is 5.32 Å². The molecule has 2 amide bonds. The van der Waals surface area contributed by atoms with Crippen molar-refractivity contribution in [2.75, 3.05) is 0 Å². The van der Waals surface area contributed by atoms with Gasteiger partial charge in [0.05, 0.1) is 0 Å². The molecule has 0 aliphatic heterocycles. The molecule has 0 aromatic carbocycles. The van der Waals surface area contributed by atoms with Crippen LogP contribution in [0.4, 0.5) is 0 Å². The van der Waals surface area contributed by atoms with Crippen LogP contribution in [0.1, 0.15) is 20.3 Å². The third kappa shape index (κ3) is 2.71. The number of nitrogens with one attached hydrogen (secondary N) is 2. The molecule has 0 aromatic rings. The molecule has 1 unspecified atom stereocenters. The van der Waals surface area contributed by atoms with Crippen molar-refractivity contribution in [2.24, 2.45) is 5.84 Å². The summed E-state index contributed by atoms with van der Waals surface area (Å²) in [6.45, 7) is 3.03. The molecule has 0 saturated carbocycles. The van der Waals surface area contributed by atoms with Crippen LogP contribution in [0.5, 0.6) is 0 Å². The van der Waals surface area contributed by atoms with Gasteiger partial charge in [-0.2, -0.15) is 0 Å². The Hall–Kier alpha value is -0.750. The van der Waals surface area contributed by atoms with Crippen molar-refractivity contribution in [1.82, 2.24) is 10.7 Å². The van der Waals surface area contributed by atoms with Crippen molar-refractivity contribution >= 4 is 24.4 Å². The molecule has 0 rings (SSSR count). The predicted molar refractivity (Wildman–Crippen MR) is 48.2 cm³/mol. The molecule has 6 heteroatoms. The lowest BCUT2D eigenvalue weighted by Gasteiger charge is -2.25. The Morgan fingerprint density at radius 2 is 2.08 bits per heavy atom. The molecule has 1 atom stereocenters. The molecule has 0 bridgehead atoms. The molecule has 4 N–H and O–H groups in total. The van der Waals surface area contributed by atoms with E-state index < -0.39 is 10.8 Å².